The topological polar surface area (TPSA) is 86.9 Å². The first-order valence-electron chi connectivity index (χ1n) is 13.3. The molecule has 3 aromatic rings. The Morgan fingerprint density at radius 2 is 1.63 bits per heavy atom. The average molecular weight is 517 g/mol. The maximum Gasteiger partial charge on any atom is 0.494 e. The van der Waals surface area contributed by atoms with Crippen LogP contribution in [0, 0.1) is 6.92 Å². The Kier molecular flexibility index (Phi) is 6.86. The molecule has 2 aliphatic heterocycles. The molecule has 3 heterocycles. The molecule has 0 N–H and O–H groups in total. The number of ether oxygens (including phenoxy) is 1. The van der Waals surface area contributed by atoms with Crippen LogP contribution in [-0.2, 0) is 26.1 Å². The molecule has 0 radical (unpaired) electrons. The zero-order chi connectivity index (χ0) is 27.1. The second kappa shape index (κ2) is 9.86. The van der Waals surface area contributed by atoms with E-state index < -0.39 is 23.9 Å². The summed E-state index contributed by atoms with van der Waals surface area (Å²) >= 11 is 0. The SMILES string of the molecule is Cc1nnc(CCC2(c3ccccc3)CCN([C@@H](C)c3ccc(B4OC(C)(C)C(C)(C)O4)cc3)C(=O)O2)o1. The van der Waals surface area contributed by atoms with Gasteiger partial charge in [0.1, 0.15) is 5.60 Å². The summed E-state index contributed by atoms with van der Waals surface area (Å²) in [5.41, 5.74) is 1.42. The van der Waals surface area contributed by atoms with Crippen LogP contribution in [0.4, 0.5) is 4.79 Å². The van der Waals surface area contributed by atoms with Gasteiger partial charge < -0.3 is 23.4 Å². The molecule has 2 aliphatic rings. The number of aryl methyl sites for hydroxylation is 2. The molecule has 0 spiro atoms. The van der Waals surface area contributed by atoms with Crippen molar-refractivity contribution in [1.29, 1.82) is 0 Å². The van der Waals surface area contributed by atoms with E-state index in [1.54, 1.807) is 11.8 Å². The van der Waals surface area contributed by atoms with E-state index in [0.29, 0.717) is 37.6 Å². The molecular formula is C29H36BN3O5. The molecule has 200 valence electrons. The molecule has 38 heavy (non-hydrogen) atoms. The minimum Gasteiger partial charge on any atom is -0.438 e. The summed E-state index contributed by atoms with van der Waals surface area (Å²) in [6.07, 6.45) is 1.42. The highest BCUT2D eigenvalue weighted by molar-refractivity contribution is 6.62. The average Bonchev–Trinajstić information content (AvgIpc) is 3.41. The first-order chi connectivity index (χ1) is 18.0. The van der Waals surface area contributed by atoms with Crippen molar-refractivity contribution in [3.63, 3.8) is 0 Å². The first-order valence-corrected chi connectivity index (χ1v) is 13.3. The van der Waals surface area contributed by atoms with Gasteiger partial charge in [0.2, 0.25) is 11.8 Å². The van der Waals surface area contributed by atoms with E-state index in [4.69, 9.17) is 18.5 Å². The van der Waals surface area contributed by atoms with Crippen molar-refractivity contribution in [2.45, 2.75) is 83.6 Å². The predicted molar refractivity (Wildman–Crippen MR) is 144 cm³/mol. The van der Waals surface area contributed by atoms with E-state index in [9.17, 15) is 4.79 Å². The molecule has 0 saturated carbocycles. The first kappa shape index (κ1) is 26.4. The van der Waals surface area contributed by atoms with Crippen LogP contribution >= 0.6 is 0 Å². The minimum absolute atomic E-state index is 0.151. The van der Waals surface area contributed by atoms with Gasteiger partial charge in [-0.3, -0.25) is 0 Å². The van der Waals surface area contributed by atoms with Gasteiger partial charge in [-0.15, -0.1) is 10.2 Å². The highest BCUT2D eigenvalue weighted by atomic mass is 16.7. The van der Waals surface area contributed by atoms with Crippen LogP contribution in [0.5, 0.6) is 0 Å². The lowest BCUT2D eigenvalue weighted by Crippen LogP contribution is -2.49. The zero-order valence-electron chi connectivity index (χ0n) is 23.1. The molecule has 2 aromatic carbocycles. The monoisotopic (exact) mass is 517 g/mol. The largest absolute Gasteiger partial charge is 0.494 e. The van der Waals surface area contributed by atoms with E-state index in [2.05, 4.69) is 10.2 Å². The number of cyclic esters (lactones) is 1. The summed E-state index contributed by atoms with van der Waals surface area (Å²) in [4.78, 5) is 15.2. The van der Waals surface area contributed by atoms with E-state index >= 15 is 0 Å². The maximum atomic E-state index is 13.4. The van der Waals surface area contributed by atoms with Crippen LogP contribution in [0.1, 0.15) is 76.4 Å². The Morgan fingerprint density at radius 1 is 0.974 bits per heavy atom. The second-order valence-corrected chi connectivity index (χ2v) is 11.3. The van der Waals surface area contributed by atoms with Gasteiger partial charge in [0, 0.05) is 32.7 Å². The molecule has 8 nitrogen and oxygen atoms in total. The molecule has 2 fully saturated rings. The summed E-state index contributed by atoms with van der Waals surface area (Å²) in [7, 11) is -0.418. The molecule has 9 heteroatoms. The lowest BCUT2D eigenvalue weighted by atomic mass is 9.78. The molecule has 1 amide bonds. The molecule has 0 aliphatic carbocycles. The van der Waals surface area contributed by atoms with Gasteiger partial charge in [-0.25, -0.2) is 4.79 Å². The smallest absolute Gasteiger partial charge is 0.438 e. The van der Waals surface area contributed by atoms with Crippen molar-refractivity contribution in [3.05, 3.63) is 77.5 Å². The number of benzene rings is 2. The molecular weight excluding hydrogens is 481 g/mol. The number of hydrogen-bond acceptors (Lipinski definition) is 7. The van der Waals surface area contributed by atoms with E-state index in [-0.39, 0.29) is 12.1 Å². The predicted octanol–water partition coefficient (Wildman–Crippen LogP) is 5.11. The number of carbonyl (C=O) groups is 1. The fourth-order valence-electron chi connectivity index (χ4n) is 5.12. The van der Waals surface area contributed by atoms with E-state index in [1.165, 1.54) is 0 Å². The molecule has 1 aromatic heterocycles. The normalized spacial score (nSPS) is 23.4. The van der Waals surface area contributed by atoms with Crippen LogP contribution in [0.25, 0.3) is 0 Å². The van der Waals surface area contributed by atoms with Crippen molar-refractivity contribution in [1.82, 2.24) is 15.1 Å². The van der Waals surface area contributed by atoms with Gasteiger partial charge >= 0.3 is 13.2 Å². The van der Waals surface area contributed by atoms with Gasteiger partial charge in [0.25, 0.3) is 0 Å². The van der Waals surface area contributed by atoms with Gasteiger partial charge in [-0.2, -0.15) is 0 Å². The summed E-state index contributed by atoms with van der Waals surface area (Å²) in [6, 6.07) is 17.9. The van der Waals surface area contributed by atoms with Crippen molar-refractivity contribution in [2.75, 3.05) is 6.54 Å². The van der Waals surface area contributed by atoms with Gasteiger partial charge in [0.05, 0.1) is 17.2 Å². The summed E-state index contributed by atoms with van der Waals surface area (Å²) in [6.45, 7) is 12.5. The van der Waals surface area contributed by atoms with Crippen LogP contribution in [0.3, 0.4) is 0 Å². The van der Waals surface area contributed by atoms with E-state index in [1.807, 2.05) is 89.2 Å². The third kappa shape index (κ3) is 4.97. The number of carbonyl (C=O) groups excluding carboxylic acids is 1. The lowest BCUT2D eigenvalue weighted by Gasteiger charge is -2.43. The van der Waals surface area contributed by atoms with Crippen LogP contribution in [0.2, 0.25) is 0 Å². The third-order valence-corrected chi connectivity index (χ3v) is 8.30. The number of hydrogen-bond donors (Lipinski definition) is 0. The van der Waals surface area contributed by atoms with Crippen molar-refractivity contribution in [2.24, 2.45) is 0 Å². The summed E-state index contributed by atoms with van der Waals surface area (Å²) in [5.74, 6) is 1.07. The lowest BCUT2D eigenvalue weighted by molar-refractivity contribution is -0.0660. The Labute approximate surface area is 224 Å². The second-order valence-electron chi connectivity index (χ2n) is 11.3. The Hall–Kier alpha value is -3.17. The highest BCUT2D eigenvalue weighted by Gasteiger charge is 2.51. The standard InChI is InChI=1S/C29H36BN3O5/c1-20(22-12-14-24(15-13-22)30-37-27(3,4)28(5,6)38-30)33-19-18-29(36-26(33)34,23-10-8-7-9-11-23)17-16-25-32-31-21(2)35-25/h7-15,20H,16-19H2,1-6H3/t20-,29?/m0/s1. The van der Waals surface area contributed by atoms with E-state index in [0.717, 1.165) is 16.6 Å². The Balaban J connectivity index is 1.30. The van der Waals surface area contributed by atoms with Crippen molar-refractivity contribution >= 4 is 18.7 Å². The highest BCUT2D eigenvalue weighted by Crippen LogP contribution is 2.40. The fourth-order valence-corrected chi connectivity index (χ4v) is 5.12. The molecule has 5 rings (SSSR count). The number of nitrogens with zero attached hydrogens (tertiary/aromatic N) is 3. The molecule has 2 saturated heterocycles. The van der Waals surface area contributed by atoms with Crippen LogP contribution < -0.4 is 5.46 Å². The maximum absolute atomic E-state index is 13.4. The minimum atomic E-state index is -0.752. The quantitative estimate of drug-likeness (QED) is 0.403. The summed E-state index contributed by atoms with van der Waals surface area (Å²) < 4.78 is 24.2. The van der Waals surface area contributed by atoms with Gasteiger partial charge in [0.15, 0.2) is 0 Å². The van der Waals surface area contributed by atoms with Gasteiger partial charge in [-0.05, 0) is 51.2 Å². The fraction of sp³-hybridized carbons (Fsp3) is 0.483. The Bertz CT molecular complexity index is 1260. The Morgan fingerprint density at radius 3 is 2.21 bits per heavy atom. The van der Waals surface area contributed by atoms with Crippen molar-refractivity contribution < 1.29 is 23.3 Å². The molecule has 1 unspecified atom stereocenters. The molecule has 2 atom stereocenters. The zero-order valence-corrected chi connectivity index (χ0v) is 23.1. The van der Waals surface area contributed by atoms with Crippen LogP contribution in [0.15, 0.2) is 59.0 Å². The van der Waals surface area contributed by atoms with Crippen LogP contribution in [-0.4, -0.2) is 46.1 Å². The summed E-state index contributed by atoms with van der Waals surface area (Å²) in [5, 5.41) is 8.05. The molecule has 0 bridgehead atoms. The van der Waals surface area contributed by atoms with Crippen molar-refractivity contribution in [3.8, 4) is 0 Å². The number of rotatable bonds is 7. The third-order valence-electron chi connectivity index (χ3n) is 8.30. The number of amides is 1. The number of aromatic nitrogens is 2. The van der Waals surface area contributed by atoms with Gasteiger partial charge in [-0.1, -0.05) is 54.6 Å².